The summed E-state index contributed by atoms with van der Waals surface area (Å²) in [5, 5.41) is 18.0. The van der Waals surface area contributed by atoms with Crippen LogP contribution >= 0.6 is 11.3 Å². The Morgan fingerprint density at radius 1 is 1.29 bits per heavy atom. The molecule has 0 atom stereocenters. The molecule has 0 unspecified atom stereocenters. The van der Waals surface area contributed by atoms with E-state index in [1.165, 1.54) is 11.6 Å². The van der Waals surface area contributed by atoms with Crippen LogP contribution in [0.4, 0.5) is 11.4 Å². The van der Waals surface area contributed by atoms with Gasteiger partial charge >= 0.3 is 0 Å². The van der Waals surface area contributed by atoms with E-state index in [4.69, 9.17) is 0 Å². The number of hydrogen-bond acceptors (Lipinski definition) is 4. The van der Waals surface area contributed by atoms with Crippen LogP contribution in [0.25, 0.3) is 0 Å². The average Bonchev–Trinajstić information content (AvgIpc) is 2.82. The van der Waals surface area contributed by atoms with Crippen LogP contribution in [0.3, 0.4) is 0 Å². The Morgan fingerprint density at radius 2 is 2.12 bits per heavy atom. The number of nitrogens with zero attached hydrogens (tertiary/aromatic N) is 1. The first kappa shape index (κ1) is 11.6. The number of para-hydroxylation sites is 2. The standard InChI is InChI=1S/C12H12N2O2S/c15-14(16)12-4-2-1-3-11(12)13-7-5-10-6-8-17-9-10/h1-4,6,8-9,13H,5,7H2. The molecule has 1 aromatic carbocycles. The largest absolute Gasteiger partial charge is 0.379 e. The third kappa shape index (κ3) is 3.04. The maximum atomic E-state index is 10.8. The topological polar surface area (TPSA) is 55.2 Å². The molecule has 0 saturated carbocycles. The molecular weight excluding hydrogens is 236 g/mol. The molecule has 0 spiro atoms. The molecule has 0 bridgehead atoms. The molecule has 0 amide bonds. The van der Waals surface area contributed by atoms with Crippen molar-refractivity contribution in [1.29, 1.82) is 0 Å². The zero-order valence-electron chi connectivity index (χ0n) is 9.13. The lowest BCUT2D eigenvalue weighted by Crippen LogP contribution is -2.06. The summed E-state index contributed by atoms with van der Waals surface area (Å²) in [5.41, 5.74) is 1.95. The zero-order chi connectivity index (χ0) is 12.1. The van der Waals surface area contributed by atoms with Crippen molar-refractivity contribution in [3.63, 3.8) is 0 Å². The molecule has 88 valence electrons. The summed E-state index contributed by atoms with van der Waals surface area (Å²) >= 11 is 1.66. The van der Waals surface area contributed by atoms with Gasteiger partial charge in [0.05, 0.1) is 4.92 Å². The number of nitro benzene ring substituents is 1. The SMILES string of the molecule is O=[N+]([O-])c1ccccc1NCCc1ccsc1. The monoisotopic (exact) mass is 248 g/mol. The highest BCUT2D eigenvalue weighted by Gasteiger charge is 2.11. The Kier molecular flexibility index (Phi) is 3.72. The first-order chi connectivity index (χ1) is 8.27. The molecule has 0 aliphatic heterocycles. The van der Waals surface area contributed by atoms with Gasteiger partial charge in [-0.15, -0.1) is 0 Å². The van der Waals surface area contributed by atoms with Crippen molar-refractivity contribution >= 4 is 22.7 Å². The Labute approximate surface area is 103 Å². The van der Waals surface area contributed by atoms with Gasteiger partial charge in [-0.1, -0.05) is 12.1 Å². The number of nitrogens with one attached hydrogen (secondary N) is 1. The summed E-state index contributed by atoms with van der Waals surface area (Å²) in [6, 6.07) is 8.76. The Hall–Kier alpha value is -1.88. The number of benzene rings is 1. The van der Waals surface area contributed by atoms with E-state index in [0.717, 1.165) is 6.42 Å². The van der Waals surface area contributed by atoms with Gasteiger partial charge in [-0.3, -0.25) is 10.1 Å². The minimum atomic E-state index is -0.368. The van der Waals surface area contributed by atoms with E-state index < -0.39 is 0 Å². The fourth-order valence-electron chi connectivity index (χ4n) is 1.56. The molecule has 0 radical (unpaired) electrons. The predicted molar refractivity (Wildman–Crippen MR) is 69.6 cm³/mol. The Bertz CT molecular complexity index is 497. The van der Waals surface area contributed by atoms with E-state index in [1.807, 2.05) is 5.38 Å². The number of anilines is 1. The van der Waals surface area contributed by atoms with Gasteiger partial charge in [0.1, 0.15) is 5.69 Å². The van der Waals surface area contributed by atoms with Crippen molar-refractivity contribution in [3.05, 3.63) is 56.8 Å². The van der Waals surface area contributed by atoms with Crippen LogP contribution < -0.4 is 5.32 Å². The summed E-state index contributed by atoms with van der Waals surface area (Å²) in [6.45, 7) is 0.696. The minimum absolute atomic E-state index is 0.123. The molecule has 4 nitrogen and oxygen atoms in total. The van der Waals surface area contributed by atoms with Gasteiger partial charge in [0.15, 0.2) is 0 Å². The molecule has 2 aromatic rings. The van der Waals surface area contributed by atoms with Gasteiger partial charge in [0, 0.05) is 12.6 Å². The van der Waals surface area contributed by atoms with Crippen molar-refractivity contribution in [3.8, 4) is 0 Å². The van der Waals surface area contributed by atoms with E-state index in [9.17, 15) is 10.1 Å². The predicted octanol–water partition coefficient (Wildman–Crippen LogP) is 3.31. The molecule has 0 saturated heterocycles. The molecule has 0 aliphatic rings. The van der Waals surface area contributed by atoms with Gasteiger partial charge < -0.3 is 5.32 Å². The maximum Gasteiger partial charge on any atom is 0.292 e. The van der Waals surface area contributed by atoms with Crippen molar-refractivity contribution < 1.29 is 4.92 Å². The van der Waals surface area contributed by atoms with Crippen molar-refractivity contribution in [2.75, 3.05) is 11.9 Å². The fraction of sp³-hybridized carbons (Fsp3) is 0.167. The van der Waals surface area contributed by atoms with E-state index >= 15 is 0 Å². The lowest BCUT2D eigenvalue weighted by atomic mass is 10.2. The van der Waals surface area contributed by atoms with Crippen LogP contribution in [0.5, 0.6) is 0 Å². The molecule has 17 heavy (non-hydrogen) atoms. The van der Waals surface area contributed by atoms with Crippen molar-refractivity contribution in [2.24, 2.45) is 0 Å². The molecule has 5 heteroatoms. The van der Waals surface area contributed by atoms with Crippen molar-refractivity contribution in [1.82, 2.24) is 0 Å². The molecule has 1 aromatic heterocycles. The second-order valence-corrected chi connectivity index (χ2v) is 4.36. The van der Waals surface area contributed by atoms with E-state index in [0.29, 0.717) is 12.2 Å². The normalized spacial score (nSPS) is 10.1. The summed E-state index contributed by atoms with van der Waals surface area (Å²) in [7, 11) is 0. The van der Waals surface area contributed by atoms with Gasteiger partial charge in [-0.05, 0) is 34.9 Å². The second kappa shape index (κ2) is 5.45. The summed E-state index contributed by atoms with van der Waals surface area (Å²) in [6.07, 6.45) is 0.871. The van der Waals surface area contributed by atoms with Crippen LogP contribution in [-0.4, -0.2) is 11.5 Å². The van der Waals surface area contributed by atoms with Gasteiger partial charge in [-0.2, -0.15) is 11.3 Å². The number of thiophene rings is 1. The van der Waals surface area contributed by atoms with E-state index in [1.54, 1.807) is 29.5 Å². The fourth-order valence-corrected chi connectivity index (χ4v) is 2.26. The van der Waals surface area contributed by atoms with Gasteiger partial charge in [0.2, 0.25) is 0 Å². The van der Waals surface area contributed by atoms with E-state index in [2.05, 4.69) is 16.8 Å². The Balaban J connectivity index is 1.97. The molecule has 0 fully saturated rings. The van der Waals surface area contributed by atoms with Crippen LogP contribution in [0.2, 0.25) is 0 Å². The van der Waals surface area contributed by atoms with Crippen LogP contribution in [0.15, 0.2) is 41.1 Å². The van der Waals surface area contributed by atoms with Crippen LogP contribution in [0, 0.1) is 10.1 Å². The summed E-state index contributed by atoms with van der Waals surface area (Å²) in [5.74, 6) is 0. The maximum absolute atomic E-state index is 10.8. The average molecular weight is 248 g/mol. The van der Waals surface area contributed by atoms with Crippen LogP contribution in [0.1, 0.15) is 5.56 Å². The number of hydrogen-bond donors (Lipinski definition) is 1. The second-order valence-electron chi connectivity index (χ2n) is 3.58. The highest BCUT2D eigenvalue weighted by atomic mass is 32.1. The van der Waals surface area contributed by atoms with Crippen molar-refractivity contribution in [2.45, 2.75) is 6.42 Å². The summed E-state index contributed by atoms with van der Waals surface area (Å²) < 4.78 is 0. The lowest BCUT2D eigenvalue weighted by molar-refractivity contribution is -0.384. The molecule has 1 heterocycles. The molecule has 0 aliphatic carbocycles. The lowest BCUT2D eigenvalue weighted by Gasteiger charge is -2.05. The van der Waals surface area contributed by atoms with Crippen LogP contribution in [-0.2, 0) is 6.42 Å². The smallest absolute Gasteiger partial charge is 0.292 e. The quantitative estimate of drug-likeness (QED) is 0.652. The van der Waals surface area contributed by atoms with Gasteiger partial charge in [0.25, 0.3) is 5.69 Å². The highest BCUT2D eigenvalue weighted by Crippen LogP contribution is 2.23. The third-order valence-corrected chi connectivity index (χ3v) is 3.14. The van der Waals surface area contributed by atoms with E-state index in [-0.39, 0.29) is 10.6 Å². The Morgan fingerprint density at radius 3 is 2.82 bits per heavy atom. The first-order valence-electron chi connectivity index (χ1n) is 5.26. The minimum Gasteiger partial charge on any atom is -0.379 e. The number of nitro groups is 1. The zero-order valence-corrected chi connectivity index (χ0v) is 9.94. The summed E-state index contributed by atoms with van der Waals surface area (Å²) in [4.78, 5) is 10.4. The molecule has 2 rings (SSSR count). The number of rotatable bonds is 5. The first-order valence-corrected chi connectivity index (χ1v) is 6.20. The molecular formula is C12H12N2O2S. The van der Waals surface area contributed by atoms with Gasteiger partial charge in [-0.25, -0.2) is 0 Å². The highest BCUT2D eigenvalue weighted by molar-refractivity contribution is 7.07. The third-order valence-electron chi connectivity index (χ3n) is 2.41. The molecule has 1 N–H and O–H groups in total.